The highest BCUT2D eigenvalue weighted by Crippen LogP contribution is 2.16. The molecule has 2 heterocycles. The molecule has 2 fully saturated rings. The summed E-state index contributed by atoms with van der Waals surface area (Å²) in [7, 11) is 0. The fraction of sp³-hybridized carbons (Fsp3) is 0.875. The Balaban J connectivity index is 1.70. The van der Waals surface area contributed by atoms with Crippen LogP contribution in [0, 0.1) is 5.92 Å². The van der Waals surface area contributed by atoms with Crippen LogP contribution in [0.2, 0.25) is 0 Å². The van der Waals surface area contributed by atoms with E-state index >= 15 is 0 Å². The van der Waals surface area contributed by atoms with E-state index in [1.165, 1.54) is 0 Å². The van der Waals surface area contributed by atoms with Gasteiger partial charge in [0, 0.05) is 32.7 Å². The van der Waals surface area contributed by atoms with Crippen LogP contribution in [-0.2, 0) is 14.3 Å². The van der Waals surface area contributed by atoms with Gasteiger partial charge in [-0.1, -0.05) is 13.8 Å². The van der Waals surface area contributed by atoms with E-state index in [1.54, 1.807) is 4.90 Å². The molecule has 0 spiro atoms. The average molecular weight is 296 g/mol. The summed E-state index contributed by atoms with van der Waals surface area (Å²) in [6.45, 7) is 7.55. The van der Waals surface area contributed by atoms with Gasteiger partial charge in [-0.25, -0.2) is 0 Å². The van der Waals surface area contributed by atoms with Crippen LogP contribution in [0.1, 0.15) is 46.0 Å². The number of hydrogen-bond acceptors (Lipinski definition) is 3. The number of ether oxygens (including phenoxy) is 1. The van der Waals surface area contributed by atoms with Crippen LogP contribution in [0.25, 0.3) is 0 Å². The largest absolute Gasteiger partial charge is 0.376 e. The van der Waals surface area contributed by atoms with Gasteiger partial charge in [0.1, 0.15) is 0 Å². The maximum Gasteiger partial charge on any atom is 0.242 e. The molecule has 2 amide bonds. The van der Waals surface area contributed by atoms with Crippen LogP contribution in [-0.4, -0.2) is 60.5 Å². The van der Waals surface area contributed by atoms with Crippen molar-refractivity contribution < 1.29 is 14.3 Å². The first kappa shape index (κ1) is 16.3. The molecule has 5 heteroatoms. The number of nitrogens with zero attached hydrogens (tertiary/aromatic N) is 2. The van der Waals surface area contributed by atoms with Crippen LogP contribution in [0.5, 0.6) is 0 Å². The van der Waals surface area contributed by atoms with Crippen molar-refractivity contribution in [2.45, 2.75) is 52.1 Å². The molecule has 5 nitrogen and oxygen atoms in total. The van der Waals surface area contributed by atoms with E-state index in [0.717, 1.165) is 45.4 Å². The van der Waals surface area contributed by atoms with Crippen LogP contribution in [0.15, 0.2) is 0 Å². The maximum absolute atomic E-state index is 12.3. The van der Waals surface area contributed by atoms with Gasteiger partial charge in [0.2, 0.25) is 11.8 Å². The van der Waals surface area contributed by atoms with Gasteiger partial charge in [0.25, 0.3) is 0 Å². The Bertz CT molecular complexity index is 371. The summed E-state index contributed by atoms with van der Waals surface area (Å²) >= 11 is 0. The second-order valence-corrected chi connectivity index (χ2v) is 6.58. The van der Waals surface area contributed by atoms with Gasteiger partial charge >= 0.3 is 0 Å². The zero-order chi connectivity index (χ0) is 15.2. The summed E-state index contributed by atoms with van der Waals surface area (Å²) in [5, 5.41) is 0. The first-order valence-electron chi connectivity index (χ1n) is 8.23. The summed E-state index contributed by atoms with van der Waals surface area (Å²) in [5.41, 5.74) is 0. The zero-order valence-corrected chi connectivity index (χ0v) is 13.3. The molecule has 1 atom stereocenters. The van der Waals surface area contributed by atoms with Gasteiger partial charge < -0.3 is 14.5 Å². The van der Waals surface area contributed by atoms with Crippen molar-refractivity contribution in [3.05, 3.63) is 0 Å². The second kappa shape index (κ2) is 7.78. The van der Waals surface area contributed by atoms with E-state index in [9.17, 15) is 9.59 Å². The quantitative estimate of drug-likeness (QED) is 0.749. The Morgan fingerprint density at radius 1 is 1.33 bits per heavy atom. The molecule has 0 aromatic heterocycles. The summed E-state index contributed by atoms with van der Waals surface area (Å²) in [6, 6.07) is 0. The van der Waals surface area contributed by atoms with Gasteiger partial charge in [-0.05, 0) is 31.6 Å². The molecule has 0 unspecified atom stereocenters. The van der Waals surface area contributed by atoms with E-state index in [2.05, 4.69) is 13.8 Å². The van der Waals surface area contributed by atoms with Gasteiger partial charge in [-0.2, -0.15) is 0 Å². The van der Waals surface area contributed by atoms with Crippen LogP contribution in [0.3, 0.4) is 0 Å². The Morgan fingerprint density at radius 3 is 2.86 bits per heavy atom. The molecule has 2 aliphatic rings. The van der Waals surface area contributed by atoms with E-state index < -0.39 is 0 Å². The molecule has 0 bridgehead atoms. The minimum atomic E-state index is 0.0696. The maximum atomic E-state index is 12.3. The van der Waals surface area contributed by atoms with E-state index in [1.807, 2.05) is 4.90 Å². The van der Waals surface area contributed by atoms with Gasteiger partial charge in [-0.15, -0.1) is 0 Å². The lowest BCUT2D eigenvalue weighted by molar-refractivity contribution is -0.141. The molecule has 0 aromatic carbocycles. The minimum absolute atomic E-state index is 0.0696. The fourth-order valence-corrected chi connectivity index (χ4v) is 2.85. The summed E-state index contributed by atoms with van der Waals surface area (Å²) in [5.74, 6) is 0.841. The number of likely N-dealkylation sites (tertiary alicyclic amines) is 2. The monoisotopic (exact) mass is 296 g/mol. The predicted octanol–water partition coefficient (Wildman–Crippen LogP) is 1.66. The highest BCUT2D eigenvalue weighted by Gasteiger charge is 2.29. The third-order valence-electron chi connectivity index (χ3n) is 4.29. The number of hydrogen-bond donors (Lipinski definition) is 0. The van der Waals surface area contributed by atoms with Gasteiger partial charge in [-0.3, -0.25) is 9.59 Å². The number of carbonyl (C=O) groups is 2. The second-order valence-electron chi connectivity index (χ2n) is 6.58. The molecule has 120 valence electrons. The number of carbonyl (C=O) groups excluding carboxylic acids is 2. The molecule has 21 heavy (non-hydrogen) atoms. The lowest BCUT2D eigenvalue weighted by Gasteiger charge is -2.28. The number of piperidine rings is 1. The lowest BCUT2D eigenvalue weighted by Crippen LogP contribution is -2.44. The normalized spacial score (nSPS) is 23.2. The van der Waals surface area contributed by atoms with Crippen molar-refractivity contribution in [1.29, 1.82) is 0 Å². The Hall–Kier alpha value is -1.10. The fourth-order valence-electron chi connectivity index (χ4n) is 2.85. The molecule has 0 radical (unpaired) electrons. The van der Waals surface area contributed by atoms with Crippen molar-refractivity contribution >= 4 is 11.8 Å². The molecule has 2 rings (SSSR count). The summed E-state index contributed by atoms with van der Waals surface area (Å²) < 4.78 is 5.83. The van der Waals surface area contributed by atoms with Crippen molar-refractivity contribution in [3.63, 3.8) is 0 Å². The Morgan fingerprint density at radius 2 is 2.14 bits per heavy atom. The van der Waals surface area contributed by atoms with Gasteiger partial charge in [0.05, 0.1) is 12.6 Å². The number of amides is 2. The Labute approximate surface area is 127 Å². The smallest absolute Gasteiger partial charge is 0.242 e. The molecular formula is C16H28N2O3. The van der Waals surface area contributed by atoms with Crippen molar-refractivity contribution in [2.24, 2.45) is 5.92 Å². The van der Waals surface area contributed by atoms with Crippen LogP contribution >= 0.6 is 0 Å². The SMILES string of the molecule is CC(C)CCO[C@@H]1CCN(C(=O)CN2CCCCC2=O)C1. The average Bonchev–Trinajstić information content (AvgIpc) is 2.90. The zero-order valence-electron chi connectivity index (χ0n) is 13.3. The van der Waals surface area contributed by atoms with Gasteiger partial charge in [0.15, 0.2) is 0 Å². The molecule has 2 saturated heterocycles. The minimum Gasteiger partial charge on any atom is -0.376 e. The first-order chi connectivity index (χ1) is 10.1. The van der Waals surface area contributed by atoms with Crippen molar-refractivity contribution in [2.75, 3.05) is 32.8 Å². The third kappa shape index (κ3) is 4.99. The molecule has 0 saturated carbocycles. The highest BCUT2D eigenvalue weighted by molar-refractivity contribution is 5.85. The highest BCUT2D eigenvalue weighted by atomic mass is 16.5. The Kier molecular flexibility index (Phi) is 6.03. The molecule has 2 aliphatic heterocycles. The summed E-state index contributed by atoms with van der Waals surface area (Å²) in [4.78, 5) is 27.6. The molecule has 0 aromatic rings. The topological polar surface area (TPSA) is 49.9 Å². The van der Waals surface area contributed by atoms with Crippen molar-refractivity contribution in [3.8, 4) is 0 Å². The standard InChI is InChI=1S/C16H28N2O3/c1-13(2)7-10-21-14-6-9-18(11-14)16(20)12-17-8-4-3-5-15(17)19/h13-14H,3-12H2,1-2H3/t14-/m1/s1. The number of rotatable bonds is 6. The first-order valence-corrected chi connectivity index (χ1v) is 8.23. The van der Waals surface area contributed by atoms with E-state index in [4.69, 9.17) is 4.74 Å². The van der Waals surface area contributed by atoms with E-state index in [-0.39, 0.29) is 24.5 Å². The summed E-state index contributed by atoms with van der Waals surface area (Å²) in [6.07, 6.45) is 4.71. The lowest BCUT2D eigenvalue weighted by atomic mass is 10.1. The van der Waals surface area contributed by atoms with Crippen molar-refractivity contribution in [1.82, 2.24) is 9.80 Å². The third-order valence-corrected chi connectivity index (χ3v) is 4.29. The molecular weight excluding hydrogens is 268 g/mol. The van der Waals surface area contributed by atoms with Crippen LogP contribution < -0.4 is 0 Å². The predicted molar refractivity (Wildman–Crippen MR) is 80.8 cm³/mol. The van der Waals surface area contributed by atoms with E-state index in [0.29, 0.717) is 18.9 Å². The molecule has 0 aliphatic carbocycles. The molecule has 0 N–H and O–H groups in total. The van der Waals surface area contributed by atoms with Crippen LogP contribution in [0.4, 0.5) is 0 Å².